The third-order valence-corrected chi connectivity index (χ3v) is 2.24. The van der Waals surface area contributed by atoms with Gasteiger partial charge in [0.05, 0.1) is 0 Å². The molecule has 4 nitrogen and oxygen atoms in total. The second-order valence-corrected chi connectivity index (χ2v) is 3.17. The summed E-state index contributed by atoms with van der Waals surface area (Å²) in [4.78, 5) is 10.3. The van der Waals surface area contributed by atoms with E-state index in [4.69, 9.17) is 14.6 Å². The Labute approximate surface area is 88.5 Å². The molecule has 0 saturated heterocycles. The second kappa shape index (κ2) is 4.91. The highest BCUT2D eigenvalue weighted by Crippen LogP contribution is 2.27. The summed E-state index contributed by atoms with van der Waals surface area (Å²) in [5.41, 5.74) is 0.851. The molecule has 1 N–H and O–H groups in total. The smallest absolute Gasteiger partial charge is 0.328 e. The molecule has 0 aliphatic heterocycles. The number of carboxylic acid groups (broad SMARTS) is 1. The van der Waals surface area contributed by atoms with Crippen LogP contribution in [0, 0.1) is 0 Å². The zero-order valence-electron chi connectivity index (χ0n) is 8.77. The van der Waals surface area contributed by atoms with Crippen molar-refractivity contribution in [2.24, 2.45) is 0 Å². The van der Waals surface area contributed by atoms with Crippen molar-refractivity contribution in [1.82, 2.24) is 0 Å². The van der Waals surface area contributed by atoms with Crippen LogP contribution in [0.2, 0.25) is 0 Å². The number of carbonyl (C=O) groups is 1. The number of carboxylic acids is 1. The zero-order chi connectivity index (χ0) is 11.3. The molecule has 0 aromatic rings. The van der Waals surface area contributed by atoms with Crippen molar-refractivity contribution in [1.29, 1.82) is 0 Å². The van der Waals surface area contributed by atoms with Gasteiger partial charge in [-0.1, -0.05) is 18.2 Å². The lowest BCUT2D eigenvalue weighted by Gasteiger charge is -2.29. The van der Waals surface area contributed by atoms with Gasteiger partial charge in [0, 0.05) is 26.7 Å². The highest BCUT2D eigenvalue weighted by atomic mass is 16.7. The summed E-state index contributed by atoms with van der Waals surface area (Å²) >= 11 is 0. The van der Waals surface area contributed by atoms with Crippen LogP contribution in [0.3, 0.4) is 0 Å². The number of allylic oxidation sites excluding steroid dienone is 3. The van der Waals surface area contributed by atoms with Gasteiger partial charge >= 0.3 is 5.97 Å². The van der Waals surface area contributed by atoms with Crippen molar-refractivity contribution in [3.8, 4) is 0 Å². The van der Waals surface area contributed by atoms with Crippen LogP contribution in [0.1, 0.15) is 6.42 Å². The van der Waals surface area contributed by atoms with Crippen molar-refractivity contribution < 1.29 is 19.4 Å². The number of rotatable bonds is 4. The summed E-state index contributed by atoms with van der Waals surface area (Å²) in [5.74, 6) is -1.74. The summed E-state index contributed by atoms with van der Waals surface area (Å²) in [7, 11) is 3.11. The molecular weight excluding hydrogens is 196 g/mol. The highest BCUT2D eigenvalue weighted by molar-refractivity contribution is 5.80. The fourth-order valence-electron chi connectivity index (χ4n) is 1.38. The van der Waals surface area contributed by atoms with E-state index in [2.05, 4.69) is 0 Å². The Hall–Kier alpha value is -1.39. The van der Waals surface area contributed by atoms with Crippen molar-refractivity contribution in [2.75, 3.05) is 14.2 Å². The summed E-state index contributed by atoms with van der Waals surface area (Å²) in [6.07, 6.45) is 8.55. The Bertz CT molecular complexity index is 321. The van der Waals surface area contributed by atoms with Gasteiger partial charge in [-0.2, -0.15) is 0 Å². The lowest BCUT2D eigenvalue weighted by molar-refractivity contribution is -0.168. The van der Waals surface area contributed by atoms with Gasteiger partial charge in [0.2, 0.25) is 0 Å². The van der Waals surface area contributed by atoms with Crippen LogP contribution in [0.15, 0.2) is 36.0 Å². The molecule has 0 bridgehead atoms. The fourth-order valence-corrected chi connectivity index (χ4v) is 1.38. The van der Waals surface area contributed by atoms with Crippen molar-refractivity contribution in [2.45, 2.75) is 12.2 Å². The summed E-state index contributed by atoms with van der Waals surface area (Å²) in [5, 5.41) is 8.49. The number of hydrogen-bond acceptors (Lipinski definition) is 3. The van der Waals surface area contributed by atoms with Crippen LogP contribution in [0.25, 0.3) is 0 Å². The Kier molecular flexibility index (Phi) is 3.82. The van der Waals surface area contributed by atoms with Gasteiger partial charge in [-0.05, 0) is 11.6 Å². The average Bonchev–Trinajstić information content (AvgIpc) is 2.26. The molecule has 4 heteroatoms. The Morgan fingerprint density at radius 3 is 2.73 bits per heavy atom. The molecule has 0 atom stereocenters. The van der Waals surface area contributed by atoms with Crippen LogP contribution in [0.4, 0.5) is 0 Å². The van der Waals surface area contributed by atoms with Gasteiger partial charge in [-0.15, -0.1) is 0 Å². The summed E-state index contributed by atoms with van der Waals surface area (Å²) in [6.45, 7) is 0. The second-order valence-electron chi connectivity index (χ2n) is 3.17. The van der Waals surface area contributed by atoms with E-state index in [1.54, 1.807) is 32.4 Å². The van der Waals surface area contributed by atoms with Crippen LogP contribution >= 0.6 is 0 Å². The third kappa shape index (κ3) is 3.04. The van der Waals surface area contributed by atoms with Gasteiger partial charge in [-0.25, -0.2) is 4.79 Å². The Morgan fingerprint density at radius 2 is 2.20 bits per heavy atom. The first-order chi connectivity index (χ1) is 7.12. The van der Waals surface area contributed by atoms with Gasteiger partial charge < -0.3 is 14.6 Å². The van der Waals surface area contributed by atoms with Crippen LogP contribution in [-0.4, -0.2) is 31.1 Å². The SMILES string of the molecule is COC1(OC)C=CC=C(/C=C/C(=O)O)C1. The van der Waals surface area contributed by atoms with E-state index in [9.17, 15) is 4.79 Å². The van der Waals surface area contributed by atoms with Gasteiger partial charge in [-0.3, -0.25) is 0 Å². The number of ether oxygens (including phenoxy) is 2. The normalized spacial score (nSPS) is 19.2. The molecular formula is C11H14O4. The predicted octanol–water partition coefficient (Wildman–Crippen LogP) is 1.50. The van der Waals surface area contributed by atoms with Crippen LogP contribution < -0.4 is 0 Å². The topological polar surface area (TPSA) is 55.8 Å². The zero-order valence-corrected chi connectivity index (χ0v) is 8.77. The standard InChI is InChI=1S/C11H14O4/c1-14-11(15-2)7-3-4-9(8-11)5-6-10(12)13/h3-7H,8H2,1-2H3,(H,12,13)/b6-5+. The largest absolute Gasteiger partial charge is 0.478 e. The number of methoxy groups -OCH3 is 2. The molecule has 0 saturated carbocycles. The lowest BCUT2D eigenvalue weighted by Crippen LogP contribution is -2.32. The van der Waals surface area contributed by atoms with Gasteiger partial charge in [0.25, 0.3) is 0 Å². The van der Waals surface area contributed by atoms with E-state index in [0.29, 0.717) is 6.42 Å². The molecule has 1 rings (SSSR count). The van der Waals surface area contributed by atoms with Crippen molar-refractivity contribution in [3.63, 3.8) is 0 Å². The average molecular weight is 210 g/mol. The van der Waals surface area contributed by atoms with Crippen LogP contribution in [0.5, 0.6) is 0 Å². The van der Waals surface area contributed by atoms with Gasteiger partial charge in [0.1, 0.15) is 0 Å². The number of aliphatic carboxylic acids is 1. The van der Waals surface area contributed by atoms with E-state index in [0.717, 1.165) is 11.6 Å². The molecule has 15 heavy (non-hydrogen) atoms. The quantitative estimate of drug-likeness (QED) is 0.564. The summed E-state index contributed by atoms with van der Waals surface area (Å²) < 4.78 is 10.5. The molecule has 1 aliphatic rings. The summed E-state index contributed by atoms with van der Waals surface area (Å²) in [6, 6.07) is 0. The van der Waals surface area contributed by atoms with Crippen molar-refractivity contribution in [3.05, 3.63) is 36.0 Å². The first-order valence-corrected chi connectivity index (χ1v) is 4.51. The maximum atomic E-state index is 10.3. The monoisotopic (exact) mass is 210 g/mol. The minimum atomic E-state index is -0.967. The Balaban J connectivity index is 2.75. The molecule has 0 aromatic heterocycles. The highest BCUT2D eigenvalue weighted by Gasteiger charge is 2.28. The van der Waals surface area contributed by atoms with E-state index in [-0.39, 0.29) is 0 Å². The molecule has 0 heterocycles. The molecule has 0 fully saturated rings. The first-order valence-electron chi connectivity index (χ1n) is 4.51. The molecule has 0 spiro atoms. The Morgan fingerprint density at radius 1 is 1.53 bits per heavy atom. The predicted molar refractivity (Wildman–Crippen MR) is 55.4 cm³/mol. The molecule has 0 aromatic carbocycles. The molecule has 82 valence electrons. The maximum absolute atomic E-state index is 10.3. The van der Waals surface area contributed by atoms with E-state index in [1.807, 2.05) is 6.08 Å². The minimum absolute atomic E-state index is 0.500. The van der Waals surface area contributed by atoms with E-state index in [1.165, 1.54) is 0 Å². The molecule has 0 radical (unpaired) electrons. The molecule has 0 unspecified atom stereocenters. The van der Waals surface area contributed by atoms with Crippen molar-refractivity contribution >= 4 is 5.97 Å². The fraction of sp³-hybridized carbons (Fsp3) is 0.364. The minimum Gasteiger partial charge on any atom is -0.478 e. The lowest BCUT2D eigenvalue weighted by atomic mass is 9.99. The first kappa shape index (κ1) is 11.7. The third-order valence-electron chi connectivity index (χ3n) is 2.24. The van der Waals surface area contributed by atoms with Gasteiger partial charge in [0.15, 0.2) is 5.79 Å². The van der Waals surface area contributed by atoms with E-state index >= 15 is 0 Å². The molecule has 0 amide bonds. The maximum Gasteiger partial charge on any atom is 0.328 e. The molecule has 1 aliphatic carbocycles. The van der Waals surface area contributed by atoms with E-state index < -0.39 is 11.8 Å². The van der Waals surface area contributed by atoms with Crippen LogP contribution in [-0.2, 0) is 14.3 Å². The number of hydrogen-bond donors (Lipinski definition) is 1.